The Morgan fingerprint density at radius 2 is 2.31 bits per heavy atom. The van der Waals surface area contributed by atoms with Gasteiger partial charge in [-0.1, -0.05) is 12.7 Å². The molecule has 0 aromatic heterocycles. The minimum Gasteiger partial charge on any atom is -0.461 e. The van der Waals surface area contributed by atoms with E-state index in [-0.39, 0.29) is 25.4 Å². The maximum Gasteiger partial charge on any atom is 0.321 e. The molecule has 5 nitrogen and oxygen atoms in total. The number of hydrogen-bond acceptors (Lipinski definition) is 4. The van der Waals surface area contributed by atoms with E-state index in [9.17, 15) is 14.4 Å². The zero-order valence-corrected chi connectivity index (χ0v) is 9.49. The molecule has 1 unspecified atom stereocenters. The fourth-order valence-electron chi connectivity index (χ4n) is 1.60. The van der Waals surface area contributed by atoms with Crippen molar-refractivity contribution in [3.63, 3.8) is 0 Å². The van der Waals surface area contributed by atoms with Gasteiger partial charge in [-0.3, -0.25) is 14.4 Å². The SMILES string of the molecule is BN1C(=O)CCC(C)(C(=O)OCC=C)C1=O. The summed E-state index contributed by atoms with van der Waals surface area (Å²) >= 11 is 0. The minimum absolute atomic E-state index is 0.0688. The van der Waals surface area contributed by atoms with Crippen molar-refractivity contribution in [3.8, 4) is 0 Å². The first-order valence-corrected chi connectivity index (χ1v) is 5.02. The minimum atomic E-state index is -1.24. The molecular weight excluding hydrogens is 209 g/mol. The largest absolute Gasteiger partial charge is 0.461 e. The van der Waals surface area contributed by atoms with Gasteiger partial charge in [0, 0.05) is 6.42 Å². The van der Waals surface area contributed by atoms with Crippen LogP contribution in [0, 0.1) is 5.41 Å². The molecule has 0 aromatic carbocycles. The topological polar surface area (TPSA) is 63.7 Å². The molecule has 1 aliphatic rings. The summed E-state index contributed by atoms with van der Waals surface area (Å²) in [6.45, 7) is 4.99. The van der Waals surface area contributed by atoms with Crippen LogP contribution in [0.3, 0.4) is 0 Å². The molecule has 2 amide bonds. The second-order valence-electron chi connectivity index (χ2n) is 3.98. The third kappa shape index (κ3) is 2.00. The van der Waals surface area contributed by atoms with Gasteiger partial charge < -0.3 is 9.55 Å². The number of carbonyl (C=O) groups excluding carboxylic acids is 3. The smallest absolute Gasteiger partial charge is 0.321 e. The van der Waals surface area contributed by atoms with Gasteiger partial charge in [-0.25, -0.2) is 0 Å². The fraction of sp³-hybridized carbons (Fsp3) is 0.500. The zero-order chi connectivity index (χ0) is 12.3. The molecule has 6 heteroatoms. The molecule has 1 heterocycles. The first kappa shape index (κ1) is 12.5. The summed E-state index contributed by atoms with van der Waals surface area (Å²) in [5.74, 6) is -1.37. The van der Waals surface area contributed by atoms with E-state index in [4.69, 9.17) is 4.74 Å². The van der Waals surface area contributed by atoms with Gasteiger partial charge in [0.1, 0.15) is 12.0 Å². The van der Waals surface area contributed by atoms with Gasteiger partial charge >= 0.3 is 5.97 Å². The monoisotopic (exact) mass is 223 g/mol. The Morgan fingerprint density at radius 3 is 2.88 bits per heavy atom. The molecule has 0 aromatic rings. The molecule has 0 saturated carbocycles. The molecule has 0 spiro atoms. The summed E-state index contributed by atoms with van der Waals surface area (Å²) in [5.41, 5.74) is -1.24. The molecule has 16 heavy (non-hydrogen) atoms. The molecule has 86 valence electrons. The van der Waals surface area contributed by atoms with Crippen LogP contribution in [0.5, 0.6) is 0 Å². The molecule has 0 aliphatic carbocycles. The Morgan fingerprint density at radius 1 is 1.69 bits per heavy atom. The lowest BCUT2D eigenvalue weighted by Gasteiger charge is -2.34. The van der Waals surface area contributed by atoms with E-state index < -0.39 is 17.3 Å². The third-order valence-corrected chi connectivity index (χ3v) is 2.77. The van der Waals surface area contributed by atoms with E-state index in [1.807, 2.05) is 0 Å². The van der Waals surface area contributed by atoms with Crippen LogP contribution < -0.4 is 0 Å². The highest BCUT2D eigenvalue weighted by atomic mass is 16.5. The van der Waals surface area contributed by atoms with Crippen LogP contribution in [-0.4, -0.2) is 37.2 Å². The van der Waals surface area contributed by atoms with Gasteiger partial charge in [0.25, 0.3) is 0 Å². The maximum absolute atomic E-state index is 11.8. The number of piperidine rings is 1. The lowest BCUT2D eigenvalue weighted by atomic mass is 9.79. The molecule has 0 bridgehead atoms. The lowest BCUT2D eigenvalue weighted by Crippen LogP contribution is -2.53. The van der Waals surface area contributed by atoms with E-state index in [1.165, 1.54) is 21.0 Å². The van der Waals surface area contributed by atoms with Gasteiger partial charge in [-0.2, -0.15) is 0 Å². The first-order chi connectivity index (χ1) is 7.43. The highest BCUT2D eigenvalue weighted by Gasteiger charge is 2.48. The molecule has 1 aliphatic heterocycles. The number of amides is 2. The molecule has 1 atom stereocenters. The first-order valence-electron chi connectivity index (χ1n) is 5.02. The number of esters is 1. The highest BCUT2D eigenvalue weighted by Crippen LogP contribution is 2.31. The van der Waals surface area contributed by atoms with Crippen molar-refractivity contribution in [2.24, 2.45) is 5.41 Å². The quantitative estimate of drug-likeness (QED) is 0.211. The van der Waals surface area contributed by atoms with Crippen molar-refractivity contribution in [2.75, 3.05) is 6.61 Å². The fourth-order valence-corrected chi connectivity index (χ4v) is 1.60. The van der Waals surface area contributed by atoms with E-state index in [2.05, 4.69) is 6.58 Å². The Balaban J connectivity index is 2.84. The highest BCUT2D eigenvalue weighted by molar-refractivity contribution is 6.28. The van der Waals surface area contributed by atoms with Crippen molar-refractivity contribution < 1.29 is 19.1 Å². The predicted molar refractivity (Wildman–Crippen MR) is 58.9 cm³/mol. The number of imide groups is 1. The second-order valence-corrected chi connectivity index (χ2v) is 3.98. The number of nitrogens with zero attached hydrogens (tertiary/aromatic N) is 1. The van der Waals surface area contributed by atoms with Crippen molar-refractivity contribution in [1.82, 2.24) is 4.81 Å². The van der Waals surface area contributed by atoms with E-state index >= 15 is 0 Å². The maximum atomic E-state index is 11.8. The summed E-state index contributed by atoms with van der Waals surface area (Å²) in [6.07, 6.45) is 1.82. The molecule has 0 N–H and O–H groups in total. The second kappa shape index (κ2) is 4.51. The Bertz CT molecular complexity index is 355. The van der Waals surface area contributed by atoms with Gasteiger partial charge in [0.05, 0.1) is 0 Å². The summed E-state index contributed by atoms with van der Waals surface area (Å²) in [7, 11) is 1.38. The van der Waals surface area contributed by atoms with Gasteiger partial charge in [-0.05, 0) is 13.3 Å². The average molecular weight is 223 g/mol. The zero-order valence-electron chi connectivity index (χ0n) is 9.49. The molecule has 1 saturated heterocycles. The van der Waals surface area contributed by atoms with E-state index in [1.54, 1.807) is 0 Å². The number of ether oxygens (including phenoxy) is 1. The Kier molecular flexibility index (Phi) is 3.52. The van der Waals surface area contributed by atoms with E-state index in [0.717, 1.165) is 4.81 Å². The summed E-state index contributed by atoms with van der Waals surface area (Å²) in [4.78, 5) is 35.8. The van der Waals surface area contributed by atoms with Crippen molar-refractivity contribution in [3.05, 3.63) is 12.7 Å². The lowest BCUT2D eigenvalue weighted by molar-refractivity contribution is -0.166. The van der Waals surface area contributed by atoms with E-state index in [0.29, 0.717) is 0 Å². The molecular formula is C10H14BNO4. The van der Waals surface area contributed by atoms with Crippen LogP contribution in [-0.2, 0) is 19.1 Å². The predicted octanol–water partition coefficient (Wildman–Crippen LogP) is -0.581. The number of hydrogen-bond donors (Lipinski definition) is 0. The van der Waals surface area contributed by atoms with Crippen molar-refractivity contribution in [2.45, 2.75) is 19.8 Å². The van der Waals surface area contributed by atoms with Crippen molar-refractivity contribution in [1.29, 1.82) is 0 Å². The average Bonchev–Trinajstić information content (AvgIpc) is 2.28. The summed E-state index contributed by atoms with van der Waals surface area (Å²) in [6, 6.07) is 0. The summed E-state index contributed by atoms with van der Waals surface area (Å²) < 4.78 is 4.87. The van der Waals surface area contributed by atoms with Crippen molar-refractivity contribution >= 4 is 25.8 Å². The molecule has 0 radical (unpaired) electrons. The standard InChI is InChI=1S/C10H14BNO4/c1-3-6-16-9(15)10(2)5-4-7(13)12(11)8(10)14/h3H,1,4-6,11H2,2H3. The third-order valence-electron chi connectivity index (χ3n) is 2.77. The van der Waals surface area contributed by atoms with Crippen LogP contribution >= 0.6 is 0 Å². The Hall–Kier alpha value is -1.59. The number of rotatable bonds is 3. The van der Waals surface area contributed by atoms with Crippen LogP contribution in [0.25, 0.3) is 0 Å². The van der Waals surface area contributed by atoms with Gasteiger partial charge in [0.2, 0.25) is 19.8 Å². The van der Waals surface area contributed by atoms with Crippen LogP contribution in [0.4, 0.5) is 0 Å². The summed E-state index contributed by atoms with van der Waals surface area (Å²) in [5, 5.41) is 0. The normalized spacial score (nSPS) is 25.4. The van der Waals surface area contributed by atoms with Crippen LogP contribution in [0.2, 0.25) is 0 Å². The van der Waals surface area contributed by atoms with Gasteiger partial charge in [0.15, 0.2) is 0 Å². The van der Waals surface area contributed by atoms with Gasteiger partial charge in [-0.15, -0.1) is 0 Å². The number of carbonyl (C=O) groups is 3. The Labute approximate surface area is 94.9 Å². The molecule has 1 fully saturated rings. The van der Waals surface area contributed by atoms with Crippen LogP contribution in [0.15, 0.2) is 12.7 Å². The molecule has 1 rings (SSSR count). The van der Waals surface area contributed by atoms with Crippen LogP contribution in [0.1, 0.15) is 19.8 Å².